The highest BCUT2D eigenvalue weighted by Crippen LogP contribution is 2.49. The first-order chi connectivity index (χ1) is 16.1. The first kappa shape index (κ1) is 20.6. The van der Waals surface area contributed by atoms with Crippen LogP contribution in [0.5, 0.6) is 5.75 Å². The molecule has 2 aliphatic heterocycles. The number of hydrogen-bond donors (Lipinski definition) is 0. The largest absolute Gasteiger partial charge is 0.496 e. The van der Waals surface area contributed by atoms with Gasteiger partial charge in [0.05, 0.1) is 18.8 Å². The zero-order chi connectivity index (χ0) is 22.4. The standard InChI is InChI=1S/C26H30FN5O/c1-33-22-7-3-2-6-19(22)18-8-14-32(15-9-18)24-20-16-23(31-12-4-5-13-31)28-17-21(20)29-25(30-24)26(27)10-11-26/h2-3,6-7,16-18H,4-5,8-15H2,1H3. The van der Waals surface area contributed by atoms with Crippen molar-refractivity contribution in [1.29, 1.82) is 0 Å². The normalized spacial score (nSPS) is 20.4. The van der Waals surface area contributed by atoms with Gasteiger partial charge >= 0.3 is 0 Å². The van der Waals surface area contributed by atoms with Crippen molar-refractivity contribution >= 4 is 22.5 Å². The number of alkyl halides is 1. The van der Waals surface area contributed by atoms with Crippen LogP contribution >= 0.6 is 0 Å². The quantitative estimate of drug-likeness (QED) is 0.550. The van der Waals surface area contributed by atoms with E-state index in [1.165, 1.54) is 18.4 Å². The lowest BCUT2D eigenvalue weighted by Gasteiger charge is -2.34. The van der Waals surface area contributed by atoms with Gasteiger partial charge in [0.15, 0.2) is 11.5 Å². The maximum atomic E-state index is 15.0. The maximum Gasteiger partial charge on any atom is 0.170 e. The van der Waals surface area contributed by atoms with E-state index in [9.17, 15) is 0 Å². The van der Waals surface area contributed by atoms with Gasteiger partial charge in [-0.05, 0) is 62.1 Å². The molecule has 3 aliphatic rings. The minimum atomic E-state index is -1.37. The number of piperidine rings is 1. The third-order valence-corrected chi connectivity index (χ3v) is 7.44. The molecule has 7 heteroatoms. The Morgan fingerprint density at radius 3 is 2.48 bits per heavy atom. The summed E-state index contributed by atoms with van der Waals surface area (Å²) in [6, 6.07) is 10.4. The van der Waals surface area contributed by atoms with Gasteiger partial charge in [0.1, 0.15) is 17.4 Å². The monoisotopic (exact) mass is 447 g/mol. The van der Waals surface area contributed by atoms with Crippen LogP contribution in [0.3, 0.4) is 0 Å². The highest BCUT2D eigenvalue weighted by atomic mass is 19.1. The third-order valence-electron chi connectivity index (χ3n) is 7.44. The molecule has 0 unspecified atom stereocenters. The van der Waals surface area contributed by atoms with Gasteiger partial charge in [-0.3, -0.25) is 0 Å². The van der Waals surface area contributed by atoms with Gasteiger partial charge in [-0.25, -0.2) is 19.3 Å². The molecule has 6 nitrogen and oxygen atoms in total. The molecule has 0 amide bonds. The van der Waals surface area contributed by atoms with E-state index >= 15 is 4.39 Å². The van der Waals surface area contributed by atoms with E-state index in [2.05, 4.69) is 38.0 Å². The van der Waals surface area contributed by atoms with Crippen molar-refractivity contribution in [2.75, 3.05) is 43.1 Å². The van der Waals surface area contributed by atoms with Gasteiger partial charge in [0.2, 0.25) is 0 Å². The van der Waals surface area contributed by atoms with Crippen LogP contribution in [0.25, 0.3) is 10.9 Å². The maximum absolute atomic E-state index is 15.0. The summed E-state index contributed by atoms with van der Waals surface area (Å²) in [6.45, 7) is 3.80. The molecule has 1 saturated carbocycles. The number of aromatic nitrogens is 3. The van der Waals surface area contributed by atoms with Crippen LogP contribution < -0.4 is 14.5 Å². The van der Waals surface area contributed by atoms with E-state index in [1.807, 2.05) is 18.3 Å². The van der Waals surface area contributed by atoms with E-state index in [0.717, 1.165) is 67.3 Å². The lowest BCUT2D eigenvalue weighted by Crippen LogP contribution is -2.34. The summed E-state index contributed by atoms with van der Waals surface area (Å²) in [7, 11) is 1.74. The Morgan fingerprint density at radius 1 is 1.00 bits per heavy atom. The van der Waals surface area contributed by atoms with Crippen LogP contribution in [0.15, 0.2) is 36.5 Å². The Bertz CT molecular complexity index is 1170. The molecular weight excluding hydrogens is 417 g/mol. The molecule has 0 spiro atoms. The lowest BCUT2D eigenvalue weighted by atomic mass is 9.88. The fourth-order valence-electron chi connectivity index (χ4n) is 5.30. The van der Waals surface area contributed by atoms with Crippen LogP contribution in [-0.2, 0) is 5.67 Å². The minimum absolute atomic E-state index is 0.326. The van der Waals surface area contributed by atoms with Gasteiger partial charge < -0.3 is 14.5 Å². The number of fused-ring (bicyclic) bond motifs is 1. The molecule has 0 atom stereocenters. The topological polar surface area (TPSA) is 54.4 Å². The van der Waals surface area contributed by atoms with E-state index in [1.54, 1.807) is 7.11 Å². The number of para-hydroxylation sites is 1. The molecule has 0 radical (unpaired) electrons. The first-order valence-electron chi connectivity index (χ1n) is 12.1. The molecule has 2 saturated heterocycles. The van der Waals surface area contributed by atoms with Crippen molar-refractivity contribution in [3.8, 4) is 5.75 Å². The summed E-state index contributed by atoms with van der Waals surface area (Å²) in [6.07, 6.45) is 7.23. The Labute approximate surface area is 193 Å². The Balaban J connectivity index is 1.34. The highest BCUT2D eigenvalue weighted by molar-refractivity contribution is 5.91. The molecule has 2 aromatic heterocycles. The van der Waals surface area contributed by atoms with Gasteiger partial charge in [0, 0.05) is 31.6 Å². The summed E-state index contributed by atoms with van der Waals surface area (Å²) in [5.41, 5.74) is 0.648. The Kier molecular flexibility index (Phi) is 5.07. The lowest BCUT2D eigenvalue weighted by molar-refractivity contribution is 0.301. The second-order valence-electron chi connectivity index (χ2n) is 9.59. The van der Waals surface area contributed by atoms with Crippen LogP contribution in [0, 0.1) is 0 Å². The molecule has 33 heavy (non-hydrogen) atoms. The van der Waals surface area contributed by atoms with Crippen LogP contribution in [-0.4, -0.2) is 48.2 Å². The molecular formula is C26H30FN5O. The smallest absolute Gasteiger partial charge is 0.170 e. The minimum Gasteiger partial charge on any atom is -0.496 e. The number of rotatable bonds is 5. The van der Waals surface area contributed by atoms with Crippen LogP contribution in [0.2, 0.25) is 0 Å². The number of hydrogen-bond acceptors (Lipinski definition) is 6. The SMILES string of the molecule is COc1ccccc1C1CCN(c2nc(C3(F)CC3)nc3cnc(N4CCCC4)cc23)CC1. The van der Waals surface area contributed by atoms with Crippen LogP contribution in [0.4, 0.5) is 16.0 Å². The second-order valence-corrected chi connectivity index (χ2v) is 9.59. The van der Waals surface area contributed by atoms with E-state index in [-0.39, 0.29) is 0 Å². The van der Waals surface area contributed by atoms with Crippen molar-refractivity contribution in [1.82, 2.24) is 15.0 Å². The molecule has 0 bridgehead atoms. The van der Waals surface area contributed by atoms with E-state index in [0.29, 0.717) is 24.6 Å². The average Bonchev–Trinajstić information content (AvgIpc) is 3.39. The Hall–Kier alpha value is -2.96. The van der Waals surface area contributed by atoms with E-state index < -0.39 is 5.67 Å². The van der Waals surface area contributed by atoms with E-state index in [4.69, 9.17) is 9.72 Å². The summed E-state index contributed by atoms with van der Waals surface area (Å²) in [5.74, 6) is 3.57. The number of halogens is 1. The van der Waals surface area contributed by atoms with Gasteiger partial charge in [0.25, 0.3) is 0 Å². The summed E-state index contributed by atoms with van der Waals surface area (Å²) in [4.78, 5) is 18.7. The van der Waals surface area contributed by atoms with Crippen molar-refractivity contribution < 1.29 is 9.13 Å². The summed E-state index contributed by atoms with van der Waals surface area (Å²) >= 11 is 0. The molecule has 172 valence electrons. The molecule has 1 aliphatic carbocycles. The number of anilines is 2. The van der Waals surface area contributed by atoms with Gasteiger partial charge in [-0.1, -0.05) is 18.2 Å². The third kappa shape index (κ3) is 3.77. The average molecular weight is 448 g/mol. The molecule has 6 rings (SSSR count). The number of nitrogens with zero attached hydrogens (tertiary/aromatic N) is 5. The molecule has 3 fully saturated rings. The van der Waals surface area contributed by atoms with Crippen molar-refractivity contribution in [2.24, 2.45) is 0 Å². The zero-order valence-electron chi connectivity index (χ0n) is 19.1. The predicted octanol–water partition coefficient (Wildman–Crippen LogP) is 4.98. The predicted molar refractivity (Wildman–Crippen MR) is 128 cm³/mol. The van der Waals surface area contributed by atoms with Gasteiger partial charge in [-0.2, -0.15) is 0 Å². The zero-order valence-corrected chi connectivity index (χ0v) is 19.1. The number of ether oxygens (including phenoxy) is 1. The first-order valence-corrected chi connectivity index (χ1v) is 12.1. The fourth-order valence-corrected chi connectivity index (χ4v) is 5.30. The molecule has 1 aromatic carbocycles. The molecule has 0 N–H and O–H groups in total. The second kappa shape index (κ2) is 8.12. The molecule has 4 heterocycles. The summed E-state index contributed by atoms with van der Waals surface area (Å²) < 4.78 is 20.6. The van der Waals surface area contributed by atoms with Gasteiger partial charge in [-0.15, -0.1) is 0 Å². The molecule has 3 aromatic rings. The summed E-state index contributed by atoms with van der Waals surface area (Å²) in [5, 5.41) is 0.982. The fraction of sp³-hybridized carbons (Fsp3) is 0.500. The Morgan fingerprint density at radius 2 is 1.76 bits per heavy atom. The van der Waals surface area contributed by atoms with Crippen molar-refractivity contribution in [2.45, 2.75) is 50.1 Å². The number of methoxy groups -OCH3 is 1. The van der Waals surface area contributed by atoms with Crippen molar-refractivity contribution in [3.05, 3.63) is 47.9 Å². The van der Waals surface area contributed by atoms with Crippen LogP contribution in [0.1, 0.15) is 55.8 Å². The van der Waals surface area contributed by atoms with Crippen molar-refractivity contribution in [3.63, 3.8) is 0 Å². The highest BCUT2D eigenvalue weighted by Gasteiger charge is 2.48. The number of pyridine rings is 1. The number of benzene rings is 1.